The quantitative estimate of drug-likeness (QED) is 0.652. The van der Waals surface area contributed by atoms with E-state index in [1.165, 1.54) is 6.92 Å². The maximum atomic E-state index is 12.5. The molecule has 2 aromatic carbocycles. The monoisotopic (exact) mass is 381 g/mol. The molecule has 28 heavy (non-hydrogen) atoms. The number of nitrogens with one attached hydrogen (secondary N) is 2. The van der Waals surface area contributed by atoms with Gasteiger partial charge in [-0.25, -0.2) is 0 Å². The molecule has 6 heteroatoms. The van der Waals surface area contributed by atoms with Crippen molar-refractivity contribution in [2.75, 3.05) is 30.3 Å². The molecular weight excluding hydrogens is 354 g/mol. The average molecular weight is 381 g/mol. The summed E-state index contributed by atoms with van der Waals surface area (Å²) >= 11 is 0. The number of ketones is 1. The number of amides is 2. The summed E-state index contributed by atoms with van der Waals surface area (Å²) in [5, 5.41) is 5.67. The van der Waals surface area contributed by atoms with Crippen molar-refractivity contribution in [3.63, 3.8) is 0 Å². The Bertz CT molecular complexity index is 848. The van der Waals surface area contributed by atoms with Gasteiger partial charge in [0.2, 0.25) is 11.8 Å². The molecule has 0 radical (unpaired) electrons. The highest BCUT2D eigenvalue weighted by atomic mass is 16.2. The molecule has 148 valence electrons. The van der Waals surface area contributed by atoms with E-state index in [1.54, 1.807) is 29.2 Å². The molecule has 2 aromatic rings. The van der Waals surface area contributed by atoms with Crippen LogP contribution in [0.5, 0.6) is 0 Å². The Hall–Kier alpha value is -2.99. The number of carbonyl (C=O) groups excluding carboxylic acids is 3. The first-order valence-corrected chi connectivity index (χ1v) is 9.38. The molecule has 2 rings (SSSR count). The summed E-state index contributed by atoms with van der Waals surface area (Å²) in [7, 11) is 0. The fourth-order valence-electron chi connectivity index (χ4n) is 2.93. The summed E-state index contributed by atoms with van der Waals surface area (Å²) in [5.41, 5.74) is 2.70. The third-order valence-corrected chi connectivity index (χ3v) is 4.27. The number of hydrogen-bond donors (Lipinski definition) is 2. The van der Waals surface area contributed by atoms with E-state index in [4.69, 9.17) is 0 Å². The topological polar surface area (TPSA) is 78.5 Å². The summed E-state index contributed by atoms with van der Waals surface area (Å²) in [6.07, 6.45) is 0.814. The molecule has 0 atom stereocenters. The Balaban J connectivity index is 1.98. The molecule has 0 fully saturated rings. The summed E-state index contributed by atoms with van der Waals surface area (Å²) in [4.78, 5) is 38.4. The van der Waals surface area contributed by atoms with Crippen LogP contribution in [0, 0.1) is 6.92 Å². The maximum absolute atomic E-state index is 12.5. The lowest BCUT2D eigenvalue weighted by atomic mass is 10.1. The van der Waals surface area contributed by atoms with Gasteiger partial charge in [-0.3, -0.25) is 19.3 Å². The first-order valence-electron chi connectivity index (χ1n) is 9.38. The van der Waals surface area contributed by atoms with Gasteiger partial charge in [0.05, 0.1) is 18.8 Å². The van der Waals surface area contributed by atoms with Crippen molar-refractivity contribution in [1.29, 1.82) is 0 Å². The molecule has 0 aliphatic heterocycles. The van der Waals surface area contributed by atoms with E-state index >= 15 is 0 Å². The molecule has 0 aliphatic rings. The highest BCUT2D eigenvalue weighted by Crippen LogP contribution is 2.16. The Labute approximate surface area is 165 Å². The fourth-order valence-corrected chi connectivity index (χ4v) is 2.93. The second-order valence-corrected chi connectivity index (χ2v) is 6.72. The largest absolute Gasteiger partial charge is 0.325 e. The summed E-state index contributed by atoms with van der Waals surface area (Å²) < 4.78 is 0. The second-order valence-electron chi connectivity index (χ2n) is 6.72. The Morgan fingerprint density at radius 3 is 1.96 bits per heavy atom. The van der Waals surface area contributed by atoms with Gasteiger partial charge >= 0.3 is 0 Å². The number of aryl methyl sites for hydroxylation is 1. The van der Waals surface area contributed by atoms with Crippen LogP contribution < -0.4 is 10.6 Å². The van der Waals surface area contributed by atoms with Crippen molar-refractivity contribution in [1.82, 2.24) is 4.90 Å². The first-order chi connectivity index (χ1) is 13.4. The van der Waals surface area contributed by atoms with Crippen LogP contribution in [-0.4, -0.2) is 42.1 Å². The van der Waals surface area contributed by atoms with Gasteiger partial charge in [-0.2, -0.15) is 0 Å². The number of benzene rings is 2. The van der Waals surface area contributed by atoms with E-state index in [0.29, 0.717) is 17.8 Å². The van der Waals surface area contributed by atoms with Gasteiger partial charge < -0.3 is 10.6 Å². The van der Waals surface area contributed by atoms with Gasteiger partial charge in [0.15, 0.2) is 5.78 Å². The molecule has 2 N–H and O–H groups in total. The number of Topliss-reactive ketones (excluding diaryl/α,β-unsaturated/α-hetero) is 1. The minimum Gasteiger partial charge on any atom is -0.325 e. The van der Waals surface area contributed by atoms with E-state index in [1.807, 2.05) is 38.1 Å². The zero-order valence-electron chi connectivity index (χ0n) is 16.6. The average Bonchev–Trinajstić information content (AvgIpc) is 2.64. The van der Waals surface area contributed by atoms with E-state index in [2.05, 4.69) is 10.6 Å². The van der Waals surface area contributed by atoms with Gasteiger partial charge in [0, 0.05) is 11.3 Å². The van der Waals surface area contributed by atoms with Crippen molar-refractivity contribution in [2.24, 2.45) is 0 Å². The third-order valence-electron chi connectivity index (χ3n) is 4.27. The lowest BCUT2D eigenvalue weighted by Gasteiger charge is -2.21. The van der Waals surface area contributed by atoms with Crippen LogP contribution in [0.1, 0.15) is 36.2 Å². The van der Waals surface area contributed by atoms with Crippen molar-refractivity contribution in [3.8, 4) is 0 Å². The van der Waals surface area contributed by atoms with Crippen molar-refractivity contribution < 1.29 is 14.4 Å². The first kappa shape index (κ1) is 21.3. The van der Waals surface area contributed by atoms with Crippen molar-refractivity contribution in [3.05, 3.63) is 59.7 Å². The standard InChI is InChI=1S/C22H27N3O3/c1-4-13-25(14-21(27)23-19-11-7-5-9-16(19)2)15-22(28)24-20-12-8-6-10-18(20)17(3)26/h5-12H,4,13-15H2,1-3H3,(H,23,27)(H,24,28). The number of para-hydroxylation sites is 2. The lowest BCUT2D eigenvalue weighted by molar-refractivity contribution is -0.120. The summed E-state index contributed by atoms with van der Waals surface area (Å²) in [5.74, 6) is -0.538. The minimum atomic E-state index is -0.258. The molecule has 0 unspecified atom stereocenters. The molecule has 0 saturated heterocycles. The Morgan fingerprint density at radius 1 is 0.857 bits per heavy atom. The number of hydrogen-bond acceptors (Lipinski definition) is 4. The van der Waals surface area contributed by atoms with Crippen LogP contribution in [0.3, 0.4) is 0 Å². The molecule has 0 aliphatic carbocycles. The smallest absolute Gasteiger partial charge is 0.238 e. The van der Waals surface area contributed by atoms with Crippen LogP contribution >= 0.6 is 0 Å². The Kier molecular flexibility index (Phi) is 7.89. The number of nitrogens with zero attached hydrogens (tertiary/aromatic N) is 1. The van der Waals surface area contributed by atoms with Crippen LogP contribution in [0.25, 0.3) is 0 Å². The summed E-state index contributed by atoms with van der Waals surface area (Å²) in [6.45, 7) is 6.19. The zero-order chi connectivity index (χ0) is 20.5. The number of carbonyl (C=O) groups is 3. The fraction of sp³-hybridized carbons (Fsp3) is 0.318. The maximum Gasteiger partial charge on any atom is 0.238 e. The van der Waals surface area contributed by atoms with Crippen molar-refractivity contribution in [2.45, 2.75) is 27.2 Å². The molecule has 0 heterocycles. The zero-order valence-corrected chi connectivity index (χ0v) is 16.6. The molecule has 0 aromatic heterocycles. The Morgan fingerprint density at radius 2 is 1.39 bits per heavy atom. The minimum absolute atomic E-state index is 0.0707. The number of anilines is 2. The normalized spacial score (nSPS) is 10.6. The summed E-state index contributed by atoms with van der Waals surface area (Å²) in [6, 6.07) is 14.5. The van der Waals surface area contributed by atoms with Gasteiger partial charge in [-0.15, -0.1) is 0 Å². The predicted octanol–water partition coefficient (Wildman–Crippen LogP) is 3.49. The lowest BCUT2D eigenvalue weighted by Crippen LogP contribution is -2.39. The third kappa shape index (κ3) is 6.32. The molecule has 0 saturated carbocycles. The molecule has 2 amide bonds. The predicted molar refractivity (Wildman–Crippen MR) is 112 cm³/mol. The van der Waals surface area contributed by atoms with Gasteiger partial charge in [-0.05, 0) is 50.6 Å². The molecule has 0 spiro atoms. The molecule has 0 bridgehead atoms. The van der Waals surface area contributed by atoms with E-state index in [0.717, 1.165) is 17.7 Å². The SMILES string of the molecule is CCCN(CC(=O)Nc1ccccc1C)CC(=O)Nc1ccccc1C(C)=O. The van der Waals surface area contributed by atoms with Crippen LogP contribution in [0.2, 0.25) is 0 Å². The second kappa shape index (κ2) is 10.4. The number of rotatable bonds is 9. The molecular formula is C22H27N3O3. The van der Waals surface area contributed by atoms with Gasteiger partial charge in [0.1, 0.15) is 0 Å². The van der Waals surface area contributed by atoms with Crippen LogP contribution in [-0.2, 0) is 9.59 Å². The van der Waals surface area contributed by atoms with Gasteiger partial charge in [0.25, 0.3) is 0 Å². The van der Waals surface area contributed by atoms with E-state index < -0.39 is 0 Å². The highest BCUT2D eigenvalue weighted by Gasteiger charge is 2.16. The van der Waals surface area contributed by atoms with E-state index in [-0.39, 0.29) is 30.7 Å². The van der Waals surface area contributed by atoms with Gasteiger partial charge in [-0.1, -0.05) is 37.3 Å². The molecule has 6 nitrogen and oxygen atoms in total. The highest BCUT2D eigenvalue weighted by molar-refractivity contribution is 6.04. The van der Waals surface area contributed by atoms with E-state index in [9.17, 15) is 14.4 Å². The van der Waals surface area contributed by atoms with Crippen LogP contribution in [0.4, 0.5) is 11.4 Å². The van der Waals surface area contributed by atoms with Crippen molar-refractivity contribution >= 4 is 29.0 Å². The van der Waals surface area contributed by atoms with Crippen LogP contribution in [0.15, 0.2) is 48.5 Å².